The standard InChI is InChI=1S/C13H14BrFN2OS/c1-7-5-13(6-7,11(16)19)12(18)17-8-2-3-10(15)9(14)4-8/h2-4,7H,5-6H2,1H3,(H2,16,19)(H,17,18). The third-order valence-corrected chi connectivity index (χ3v) is 4.48. The maximum absolute atomic E-state index is 13.1. The molecule has 1 saturated carbocycles. The second-order valence-corrected chi connectivity index (χ2v) is 6.34. The SMILES string of the molecule is CC1CC(C(=O)Nc2ccc(F)c(Br)c2)(C(N)=S)C1. The van der Waals surface area contributed by atoms with Crippen molar-refractivity contribution >= 4 is 44.7 Å². The lowest BCUT2D eigenvalue weighted by molar-refractivity contribution is -0.127. The lowest BCUT2D eigenvalue weighted by atomic mass is 9.62. The Bertz CT molecular complexity index is 543. The average Bonchev–Trinajstić information content (AvgIpc) is 2.29. The quantitative estimate of drug-likeness (QED) is 0.827. The van der Waals surface area contributed by atoms with Crippen LogP contribution >= 0.6 is 28.1 Å². The second-order valence-electron chi connectivity index (χ2n) is 5.04. The topological polar surface area (TPSA) is 55.1 Å². The van der Waals surface area contributed by atoms with Crippen molar-refractivity contribution in [1.29, 1.82) is 0 Å². The van der Waals surface area contributed by atoms with Crippen molar-refractivity contribution in [3.8, 4) is 0 Å². The van der Waals surface area contributed by atoms with Crippen LogP contribution in [-0.4, -0.2) is 10.9 Å². The molecule has 1 fully saturated rings. The highest BCUT2D eigenvalue weighted by molar-refractivity contribution is 9.10. The molecule has 0 radical (unpaired) electrons. The lowest BCUT2D eigenvalue weighted by Gasteiger charge is -2.44. The van der Waals surface area contributed by atoms with Gasteiger partial charge in [-0.15, -0.1) is 0 Å². The molecule has 0 aliphatic heterocycles. The number of hydrogen-bond donors (Lipinski definition) is 2. The van der Waals surface area contributed by atoms with Gasteiger partial charge in [0, 0.05) is 5.69 Å². The van der Waals surface area contributed by atoms with Crippen LogP contribution in [0, 0.1) is 17.2 Å². The van der Waals surface area contributed by atoms with Crippen molar-refractivity contribution in [3.05, 3.63) is 28.5 Å². The highest BCUT2D eigenvalue weighted by Crippen LogP contribution is 2.46. The Kier molecular flexibility index (Phi) is 3.92. The largest absolute Gasteiger partial charge is 0.392 e. The van der Waals surface area contributed by atoms with Gasteiger partial charge in [-0.2, -0.15) is 0 Å². The van der Waals surface area contributed by atoms with E-state index in [9.17, 15) is 9.18 Å². The highest BCUT2D eigenvalue weighted by Gasteiger charge is 2.50. The molecule has 0 atom stereocenters. The fourth-order valence-corrected chi connectivity index (χ4v) is 3.09. The summed E-state index contributed by atoms with van der Waals surface area (Å²) in [7, 11) is 0. The fourth-order valence-electron chi connectivity index (χ4n) is 2.45. The zero-order valence-electron chi connectivity index (χ0n) is 10.4. The predicted molar refractivity (Wildman–Crippen MR) is 80.3 cm³/mol. The Morgan fingerprint density at radius 2 is 2.21 bits per heavy atom. The van der Waals surface area contributed by atoms with Crippen LogP contribution < -0.4 is 11.1 Å². The molecule has 1 amide bonds. The van der Waals surface area contributed by atoms with Gasteiger partial charge in [0.2, 0.25) is 5.91 Å². The Morgan fingerprint density at radius 1 is 1.58 bits per heavy atom. The van der Waals surface area contributed by atoms with Gasteiger partial charge >= 0.3 is 0 Å². The molecule has 0 unspecified atom stereocenters. The van der Waals surface area contributed by atoms with Gasteiger partial charge in [-0.1, -0.05) is 19.1 Å². The first kappa shape index (κ1) is 14.4. The van der Waals surface area contributed by atoms with Gasteiger partial charge in [-0.3, -0.25) is 4.79 Å². The van der Waals surface area contributed by atoms with Crippen LogP contribution in [0.15, 0.2) is 22.7 Å². The lowest BCUT2D eigenvalue weighted by Crippen LogP contribution is -2.53. The number of carbonyl (C=O) groups excluding carboxylic acids is 1. The smallest absolute Gasteiger partial charge is 0.237 e. The van der Waals surface area contributed by atoms with Crippen LogP contribution in [0.4, 0.5) is 10.1 Å². The van der Waals surface area contributed by atoms with E-state index < -0.39 is 5.41 Å². The van der Waals surface area contributed by atoms with E-state index in [1.54, 1.807) is 0 Å². The van der Waals surface area contributed by atoms with Gasteiger partial charge in [0.1, 0.15) is 5.82 Å². The third kappa shape index (κ3) is 2.65. The van der Waals surface area contributed by atoms with Gasteiger partial charge in [0.05, 0.1) is 14.9 Å². The minimum absolute atomic E-state index is 0.211. The van der Waals surface area contributed by atoms with Gasteiger partial charge in [-0.05, 0) is 52.9 Å². The Labute approximate surface area is 124 Å². The number of rotatable bonds is 3. The van der Waals surface area contributed by atoms with Crippen molar-refractivity contribution in [2.75, 3.05) is 5.32 Å². The van der Waals surface area contributed by atoms with Crippen molar-refractivity contribution in [3.63, 3.8) is 0 Å². The van der Waals surface area contributed by atoms with E-state index in [4.69, 9.17) is 18.0 Å². The number of benzene rings is 1. The number of halogens is 2. The van der Waals surface area contributed by atoms with Crippen LogP contribution in [-0.2, 0) is 4.79 Å². The molecule has 2 rings (SSSR count). The van der Waals surface area contributed by atoms with Crippen LogP contribution in [0.1, 0.15) is 19.8 Å². The third-order valence-electron chi connectivity index (χ3n) is 3.48. The summed E-state index contributed by atoms with van der Waals surface area (Å²) in [4.78, 5) is 12.5. The maximum Gasteiger partial charge on any atom is 0.237 e. The molecule has 1 aromatic carbocycles. The molecule has 19 heavy (non-hydrogen) atoms. The van der Waals surface area contributed by atoms with Crippen molar-refractivity contribution < 1.29 is 9.18 Å². The summed E-state index contributed by atoms with van der Waals surface area (Å²) < 4.78 is 13.4. The molecule has 0 spiro atoms. The molecule has 3 nitrogen and oxygen atoms in total. The molecule has 1 aliphatic rings. The van der Waals surface area contributed by atoms with Gasteiger partial charge in [0.15, 0.2) is 0 Å². The molecule has 3 N–H and O–H groups in total. The molecule has 1 aromatic rings. The van der Waals surface area contributed by atoms with E-state index in [-0.39, 0.29) is 16.7 Å². The Balaban J connectivity index is 2.16. The van der Waals surface area contributed by atoms with Gasteiger partial charge in [-0.25, -0.2) is 4.39 Å². The number of nitrogens with one attached hydrogen (secondary N) is 1. The number of amides is 1. The maximum atomic E-state index is 13.1. The molecule has 0 bridgehead atoms. The van der Waals surface area contributed by atoms with Crippen molar-refractivity contribution in [1.82, 2.24) is 0 Å². The highest BCUT2D eigenvalue weighted by atomic mass is 79.9. The number of thiocarbonyl (C=S) groups is 1. The summed E-state index contributed by atoms with van der Waals surface area (Å²) in [5, 5.41) is 2.75. The Morgan fingerprint density at radius 3 is 2.68 bits per heavy atom. The van der Waals surface area contributed by atoms with E-state index in [2.05, 4.69) is 28.2 Å². The summed E-state index contributed by atoms with van der Waals surface area (Å²) >= 11 is 8.10. The second kappa shape index (κ2) is 5.17. The first-order valence-electron chi connectivity index (χ1n) is 5.91. The Hall–Kier alpha value is -1.01. The van der Waals surface area contributed by atoms with Gasteiger partial charge in [0.25, 0.3) is 0 Å². The number of nitrogens with two attached hydrogens (primary N) is 1. The van der Waals surface area contributed by atoms with E-state index in [1.807, 2.05) is 0 Å². The monoisotopic (exact) mass is 344 g/mol. The first-order chi connectivity index (χ1) is 8.85. The number of hydrogen-bond acceptors (Lipinski definition) is 2. The van der Waals surface area contributed by atoms with Crippen LogP contribution in [0.5, 0.6) is 0 Å². The average molecular weight is 345 g/mol. The van der Waals surface area contributed by atoms with Crippen LogP contribution in [0.2, 0.25) is 0 Å². The summed E-state index contributed by atoms with van der Waals surface area (Å²) in [5.41, 5.74) is 5.47. The van der Waals surface area contributed by atoms with Crippen molar-refractivity contribution in [2.24, 2.45) is 17.1 Å². The van der Waals surface area contributed by atoms with Crippen LogP contribution in [0.25, 0.3) is 0 Å². The van der Waals surface area contributed by atoms with E-state index in [0.29, 0.717) is 28.9 Å². The first-order valence-corrected chi connectivity index (χ1v) is 7.12. The molecular weight excluding hydrogens is 331 g/mol. The molecule has 0 heterocycles. The summed E-state index contributed by atoms with van der Waals surface area (Å²) in [6, 6.07) is 4.31. The van der Waals surface area contributed by atoms with Crippen LogP contribution in [0.3, 0.4) is 0 Å². The zero-order chi connectivity index (χ0) is 14.2. The molecule has 6 heteroatoms. The number of carbonyl (C=O) groups is 1. The minimum atomic E-state index is -0.754. The van der Waals surface area contributed by atoms with Crippen molar-refractivity contribution in [2.45, 2.75) is 19.8 Å². The fraction of sp³-hybridized carbons (Fsp3) is 0.385. The molecule has 1 aliphatic carbocycles. The van der Waals surface area contributed by atoms with E-state index in [1.165, 1.54) is 18.2 Å². The molecular formula is C13H14BrFN2OS. The number of anilines is 1. The summed E-state index contributed by atoms with van der Waals surface area (Å²) in [6.07, 6.45) is 1.33. The predicted octanol–water partition coefficient (Wildman–Crippen LogP) is 3.23. The van der Waals surface area contributed by atoms with E-state index >= 15 is 0 Å². The summed E-state index contributed by atoms with van der Waals surface area (Å²) in [6.45, 7) is 2.05. The molecule has 0 saturated heterocycles. The van der Waals surface area contributed by atoms with E-state index in [0.717, 1.165) is 0 Å². The molecule has 102 valence electrons. The summed E-state index contributed by atoms with van der Waals surface area (Å²) in [5.74, 6) is -0.150. The normalized spacial score (nSPS) is 25.5. The minimum Gasteiger partial charge on any atom is -0.392 e. The molecule has 0 aromatic heterocycles. The van der Waals surface area contributed by atoms with Gasteiger partial charge < -0.3 is 11.1 Å². The zero-order valence-corrected chi connectivity index (χ0v) is 12.8.